The van der Waals surface area contributed by atoms with Gasteiger partial charge in [-0.25, -0.2) is 0 Å². The summed E-state index contributed by atoms with van der Waals surface area (Å²) in [6, 6.07) is 8.73. The molecule has 1 aliphatic rings. The van der Waals surface area contributed by atoms with Gasteiger partial charge in [-0.2, -0.15) is 0 Å². The molecule has 0 spiro atoms. The maximum Gasteiger partial charge on any atom is 0.0458 e. The maximum absolute atomic E-state index is 3.62. The molecule has 0 fully saturated rings. The highest BCUT2D eigenvalue weighted by atomic mass is 14.7. The molecule has 1 heterocycles. The first kappa shape index (κ1) is 9.95. The molecule has 1 atom stereocenters. The number of aromatic amines is 1. The van der Waals surface area contributed by atoms with Gasteiger partial charge in [0.15, 0.2) is 0 Å². The normalized spacial score (nSPS) is 20.7. The van der Waals surface area contributed by atoms with Crippen LogP contribution in [0.3, 0.4) is 0 Å². The number of aromatic nitrogens is 1. The van der Waals surface area contributed by atoms with Crippen LogP contribution < -0.4 is 0 Å². The summed E-state index contributed by atoms with van der Waals surface area (Å²) in [5, 5.41) is 1.45. The van der Waals surface area contributed by atoms with E-state index in [1.807, 2.05) is 0 Å². The van der Waals surface area contributed by atoms with Gasteiger partial charge < -0.3 is 4.98 Å². The first-order valence-electron chi connectivity index (χ1n) is 6.47. The molecule has 0 saturated heterocycles. The molecule has 0 amide bonds. The highest BCUT2D eigenvalue weighted by Crippen LogP contribution is 2.31. The van der Waals surface area contributed by atoms with Crippen molar-refractivity contribution < 1.29 is 0 Å². The molecule has 84 valence electrons. The third kappa shape index (κ3) is 1.55. The summed E-state index contributed by atoms with van der Waals surface area (Å²) in [4.78, 5) is 3.62. The highest BCUT2D eigenvalue weighted by Gasteiger charge is 2.18. The molecular weight excluding hydrogens is 194 g/mol. The van der Waals surface area contributed by atoms with Gasteiger partial charge in [0.1, 0.15) is 0 Å². The van der Waals surface area contributed by atoms with Gasteiger partial charge in [0, 0.05) is 16.6 Å². The van der Waals surface area contributed by atoms with Crippen molar-refractivity contribution in [2.24, 2.45) is 5.92 Å². The minimum atomic E-state index is 0.884. The first-order valence-corrected chi connectivity index (χ1v) is 6.47. The van der Waals surface area contributed by atoms with Crippen molar-refractivity contribution in [3.05, 3.63) is 35.5 Å². The van der Waals surface area contributed by atoms with E-state index in [1.165, 1.54) is 48.7 Å². The SMILES string of the molecule is CCC1CCCc2c([nH]c3ccccc23)C1. The lowest BCUT2D eigenvalue weighted by atomic mass is 9.97. The number of nitrogens with one attached hydrogen (secondary N) is 1. The molecule has 2 aromatic rings. The zero-order valence-corrected chi connectivity index (χ0v) is 9.92. The quantitative estimate of drug-likeness (QED) is 0.687. The van der Waals surface area contributed by atoms with Crippen molar-refractivity contribution in [1.82, 2.24) is 4.98 Å². The summed E-state index contributed by atoms with van der Waals surface area (Å²) in [5.74, 6) is 0.884. The number of hydrogen-bond donors (Lipinski definition) is 1. The summed E-state index contributed by atoms with van der Waals surface area (Å²) in [6.07, 6.45) is 6.58. The summed E-state index contributed by atoms with van der Waals surface area (Å²) in [5.41, 5.74) is 4.42. The van der Waals surface area contributed by atoms with Gasteiger partial charge >= 0.3 is 0 Å². The van der Waals surface area contributed by atoms with Crippen LogP contribution in [0.25, 0.3) is 10.9 Å². The van der Waals surface area contributed by atoms with Gasteiger partial charge in [-0.05, 0) is 43.2 Å². The third-order valence-corrected chi connectivity index (χ3v) is 4.01. The van der Waals surface area contributed by atoms with Crippen LogP contribution in [-0.2, 0) is 12.8 Å². The van der Waals surface area contributed by atoms with Gasteiger partial charge in [0.2, 0.25) is 0 Å². The molecule has 16 heavy (non-hydrogen) atoms. The Morgan fingerprint density at radius 3 is 3.06 bits per heavy atom. The van der Waals surface area contributed by atoms with E-state index in [1.54, 1.807) is 5.56 Å². The standard InChI is InChI=1S/C15H19N/c1-2-11-6-5-8-13-12-7-3-4-9-14(12)16-15(13)10-11/h3-4,7,9,11,16H,2,5-6,8,10H2,1H3. The van der Waals surface area contributed by atoms with Crippen molar-refractivity contribution in [1.29, 1.82) is 0 Å². The molecule has 0 aliphatic heterocycles. The van der Waals surface area contributed by atoms with E-state index >= 15 is 0 Å². The smallest absolute Gasteiger partial charge is 0.0458 e. The van der Waals surface area contributed by atoms with Crippen molar-refractivity contribution >= 4 is 10.9 Å². The molecular formula is C15H19N. The molecule has 1 heteroatoms. The number of para-hydroxylation sites is 1. The van der Waals surface area contributed by atoms with E-state index in [0.29, 0.717) is 0 Å². The minimum Gasteiger partial charge on any atom is -0.358 e. The van der Waals surface area contributed by atoms with Crippen LogP contribution in [0, 0.1) is 5.92 Å². The third-order valence-electron chi connectivity index (χ3n) is 4.01. The van der Waals surface area contributed by atoms with Gasteiger partial charge in [-0.15, -0.1) is 0 Å². The zero-order chi connectivity index (χ0) is 11.0. The monoisotopic (exact) mass is 213 g/mol. The number of benzene rings is 1. The van der Waals surface area contributed by atoms with Crippen molar-refractivity contribution in [3.63, 3.8) is 0 Å². The van der Waals surface area contributed by atoms with E-state index in [9.17, 15) is 0 Å². The molecule has 0 radical (unpaired) electrons. The van der Waals surface area contributed by atoms with Crippen LogP contribution in [0.1, 0.15) is 37.4 Å². The Hall–Kier alpha value is -1.24. The Bertz CT molecular complexity index is 495. The number of H-pyrrole nitrogens is 1. The predicted molar refractivity (Wildman–Crippen MR) is 68.7 cm³/mol. The largest absolute Gasteiger partial charge is 0.358 e. The van der Waals surface area contributed by atoms with Crippen LogP contribution in [0.15, 0.2) is 24.3 Å². The maximum atomic E-state index is 3.62. The lowest BCUT2D eigenvalue weighted by molar-refractivity contribution is 0.463. The van der Waals surface area contributed by atoms with Crippen LogP contribution in [-0.4, -0.2) is 4.98 Å². The van der Waals surface area contributed by atoms with E-state index in [-0.39, 0.29) is 0 Å². The van der Waals surface area contributed by atoms with Gasteiger partial charge in [0.05, 0.1) is 0 Å². The Balaban J connectivity index is 2.10. The van der Waals surface area contributed by atoms with E-state index in [0.717, 1.165) is 5.92 Å². The summed E-state index contributed by atoms with van der Waals surface area (Å²) < 4.78 is 0. The molecule has 1 aromatic heterocycles. The Kier molecular flexibility index (Phi) is 2.47. The fourth-order valence-corrected chi connectivity index (χ4v) is 3.02. The first-order chi connectivity index (χ1) is 7.88. The Morgan fingerprint density at radius 2 is 2.19 bits per heavy atom. The molecule has 1 unspecified atom stereocenters. The lowest BCUT2D eigenvalue weighted by Crippen LogP contribution is -2.01. The molecule has 1 nitrogen and oxygen atoms in total. The average Bonchev–Trinajstić information content (AvgIpc) is 2.54. The Morgan fingerprint density at radius 1 is 1.31 bits per heavy atom. The highest BCUT2D eigenvalue weighted by molar-refractivity contribution is 5.84. The van der Waals surface area contributed by atoms with Gasteiger partial charge in [-0.3, -0.25) is 0 Å². The van der Waals surface area contributed by atoms with Crippen LogP contribution in [0.4, 0.5) is 0 Å². The second-order valence-electron chi connectivity index (χ2n) is 5.00. The number of fused-ring (bicyclic) bond motifs is 3. The van der Waals surface area contributed by atoms with E-state index in [4.69, 9.17) is 0 Å². The van der Waals surface area contributed by atoms with Gasteiger partial charge in [-0.1, -0.05) is 31.5 Å². The fraction of sp³-hybridized carbons (Fsp3) is 0.467. The number of aryl methyl sites for hydroxylation is 1. The second-order valence-corrected chi connectivity index (χ2v) is 5.00. The van der Waals surface area contributed by atoms with E-state index in [2.05, 4.69) is 36.2 Å². The predicted octanol–water partition coefficient (Wildman–Crippen LogP) is 4.07. The van der Waals surface area contributed by atoms with Crippen molar-refractivity contribution in [3.8, 4) is 0 Å². The molecule has 3 rings (SSSR count). The van der Waals surface area contributed by atoms with Gasteiger partial charge in [0.25, 0.3) is 0 Å². The molecule has 0 bridgehead atoms. The minimum absolute atomic E-state index is 0.884. The lowest BCUT2D eigenvalue weighted by Gasteiger charge is -2.09. The summed E-state index contributed by atoms with van der Waals surface area (Å²) in [6.45, 7) is 2.32. The van der Waals surface area contributed by atoms with Crippen LogP contribution in [0.2, 0.25) is 0 Å². The number of rotatable bonds is 1. The summed E-state index contributed by atoms with van der Waals surface area (Å²) >= 11 is 0. The Labute approximate surface area is 96.9 Å². The average molecular weight is 213 g/mol. The van der Waals surface area contributed by atoms with Crippen molar-refractivity contribution in [2.45, 2.75) is 39.0 Å². The summed E-state index contributed by atoms with van der Waals surface area (Å²) in [7, 11) is 0. The number of hydrogen-bond acceptors (Lipinski definition) is 0. The molecule has 1 N–H and O–H groups in total. The fourth-order valence-electron chi connectivity index (χ4n) is 3.02. The molecule has 0 saturated carbocycles. The molecule has 1 aliphatic carbocycles. The molecule has 1 aromatic carbocycles. The van der Waals surface area contributed by atoms with E-state index < -0.39 is 0 Å². The second kappa shape index (κ2) is 3.97. The van der Waals surface area contributed by atoms with Crippen LogP contribution in [0.5, 0.6) is 0 Å². The van der Waals surface area contributed by atoms with Crippen molar-refractivity contribution in [2.75, 3.05) is 0 Å². The van der Waals surface area contributed by atoms with Crippen LogP contribution >= 0.6 is 0 Å². The topological polar surface area (TPSA) is 15.8 Å². The zero-order valence-electron chi connectivity index (χ0n) is 9.92.